The van der Waals surface area contributed by atoms with E-state index < -0.39 is 24.0 Å². The quantitative estimate of drug-likeness (QED) is 0.600. The summed E-state index contributed by atoms with van der Waals surface area (Å²) in [5.41, 5.74) is 0.886. The molecule has 1 unspecified atom stereocenters. The van der Waals surface area contributed by atoms with Crippen molar-refractivity contribution >= 4 is 18.0 Å². The van der Waals surface area contributed by atoms with Gasteiger partial charge in [0.2, 0.25) is 0 Å². The molecule has 1 aliphatic rings. The van der Waals surface area contributed by atoms with Crippen LogP contribution in [0.4, 0.5) is 4.79 Å². The number of carbonyl (C=O) groups excluding carboxylic acids is 3. The first-order chi connectivity index (χ1) is 11.9. The zero-order valence-electron chi connectivity index (χ0n) is 14.6. The molecule has 1 aliphatic heterocycles. The second-order valence-corrected chi connectivity index (χ2v) is 5.81. The van der Waals surface area contributed by atoms with Gasteiger partial charge in [0.25, 0.3) is 5.91 Å². The van der Waals surface area contributed by atoms with Gasteiger partial charge in [-0.3, -0.25) is 4.79 Å². The summed E-state index contributed by atoms with van der Waals surface area (Å²) in [6.07, 6.45) is 1.24. The van der Waals surface area contributed by atoms with Crippen molar-refractivity contribution in [3.8, 4) is 0 Å². The van der Waals surface area contributed by atoms with Crippen LogP contribution in [0.25, 0.3) is 0 Å². The Morgan fingerprint density at radius 3 is 2.52 bits per heavy atom. The van der Waals surface area contributed by atoms with E-state index in [1.807, 2.05) is 0 Å². The van der Waals surface area contributed by atoms with Crippen LogP contribution >= 0.6 is 0 Å². The third kappa shape index (κ3) is 4.59. The van der Waals surface area contributed by atoms with E-state index in [0.717, 1.165) is 4.90 Å². The summed E-state index contributed by atoms with van der Waals surface area (Å²) in [6.45, 7) is 1.74. The molecule has 1 fully saturated rings. The summed E-state index contributed by atoms with van der Waals surface area (Å²) < 4.78 is 10.2. The van der Waals surface area contributed by atoms with Gasteiger partial charge in [-0.1, -0.05) is 18.2 Å². The Balaban J connectivity index is 2.11. The van der Waals surface area contributed by atoms with Gasteiger partial charge in [0.15, 0.2) is 0 Å². The normalized spacial score (nSPS) is 18.4. The molecule has 2 amide bonds. The van der Waals surface area contributed by atoms with E-state index in [4.69, 9.17) is 9.47 Å². The minimum atomic E-state index is -0.726. The number of imide groups is 1. The third-order valence-corrected chi connectivity index (χ3v) is 3.61. The number of nitrogens with zero attached hydrogens (tertiary/aromatic N) is 2. The smallest absolute Gasteiger partial charge is 0.417 e. The topological polar surface area (TPSA) is 76.2 Å². The average molecular weight is 346 g/mol. The first-order valence-electron chi connectivity index (χ1n) is 8.03. The molecule has 0 N–H and O–H groups in total. The Hall–Kier alpha value is -2.83. The van der Waals surface area contributed by atoms with E-state index in [-0.39, 0.29) is 13.2 Å². The van der Waals surface area contributed by atoms with Crippen LogP contribution in [0.1, 0.15) is 23.7 Å². The summed E-state index contributed by atoms with van der Waals surface area (Å²) in [4.78, 5) is 39.4. The lowest BCUT2D eigenvalue weighted by atomic mass is 10.1. The van der Waals surface area contributed by atoms with E-state index in [1.165, 1.54) is 0 Å². The molecule has 7 nitrogen and oxygen atoms in total. The van der Waals surface area contributed by atoms with Crippen LogP contribution < -0.4 is 0 Å². The van der Waals surface area contributed by atoms with Gasteiger partial charge < -0.3 is 14.4 Å². The Labute approximate surface area is 146 Å². The summed E-state index contributed by atoms with van der Waals surface area (Å²) in [5.74, 6) is -0.921. The summed E-state index contributed by atoms with van der Waals surface area (Å²) >= 11 is 0. The molecular formula is C18H22N2O5. The predicted octanol–water partition coefficient (Wildman–Crippen LogP) is 2.05. The number of rotatable bonds is 5. The van der Waals surface area contributed by atoms with Gasteiger partial charge in [-0.2, -0.15) is 0 Å². The van der Waals surface area contributed by atoms with Crippen LogP contribution in [0.2, 0.25) is 0 Å². The fraction of sp³-hybridized carbons (Fsp3) is 0.389. The highest BCUT2D eigenvalue weighted by atomic mass is 16.6. The van der Waals surface area contributed by atoms with Crippen molar-refractivity contribution in [2.45, 2.75) is 19.4 Å². The van der Waals surface area contributed by atoms with Crippen molar-refractivity contribution in [1.29, 1.82) is 0 Å². The molecule has 134 valence electrons. The predicted molar refractivity (Wildman–Crippen MR) is 90.8 cm³/mol. The summed E-state index contributed by atoms with van der Waals surface area (Å²) in [6, 6.07) is 7.97. The van der Waals surface area contributed by atoms with E-state index >= 15 is 0 Å². The molecule has 7 heteroatoms. The van der Waals surface area contributed by atoms with Crippen LogP contribution in [0.3, 0.4) is 0 Å². The molecular weight excluding hydrogens is 324 g/mol. The lowest BCUT2D eigenvalue weighted by Crippen LogP contribution is -2.41. The number of likely N-dealkylation sites (tertiary alicyclic amines) is 1. The number of esters is 1. The molecule has 0 bridgehead atoms. The third-order valence-electron chi connectivity index (χ3n) is 3.61. The summed E-state index contributed by atoms with van der Waals surface area (Å²) in [5, 5.41) is 0. The van der Waals surface area contributed by atoms with Crippen molar-refractivity contribution in [2.24, 2.45) is 0 Å². The van der Waals surface area contributed by atoms with Crippen molar-refractivity contribution in [1.82, 2.24) is 9.80 Å². The highest BCUT2D eigenvalue weighted by Gasteiger charge is 2.41. The number of ether oxygens (including phenoxy) is 2. The van der Waals surface area contributed by atoms with Gasteiger partial charge >= 0.3 is 12.1 Å². The van der Waals surface area contributed by atoms with Gasteiger partial charge in [0.05, 0.1) is 18.2 Å². The number of benzene rings is 1. The Morgan fingerprint density at radius 2 is 1.92 bits per heavy atom. The van der Waals surface area contributed by atoms with E-state index in [2.05, 4.69) is 0 Å². The average Bonchev–Trinajstić information content (AvgIpc) is 2.89. The van der Waals surface area contributed by atoms with Crippen molar-refractivity contribution in [2.75, 3.05) is 27.3 Å². The monoisotopic (exact) mass is 346 g/mol. The second-order valence-electron chi connectivity index (χ2n) is 5.81. The second kappa shape index (κ2) is 8.32. The fourth-order valence-electron chi connectivity index (χ4n) is 2.56. The minimum absolute atomic E-state index is 0.0803. The Kier molecular flexibility index (Phi) is 6.16. The van der Waals surface area contributed by atoms with Crippen molar-refractivity contribution < 1.29 is 23.9 Å². The van der Waals surface area contributed by atoms with Crippen LogP contribution in [-0.4, -0.2) is 61.1 Å². The zero-order valence-corrected chi connectivity index (χ0v) is 14.6. The molecule has 1 saturated heterocycles. The maximum atomic E-state index is 12.5. The number of amides is 2. The van der Waals surface area contributed by atoms with Crippen LogP contribution in [-0.2, 0) is 14.3 Å². The molecule has 1 atom stereocenters. The van der Waals surface area contributed by atoms with Crippen molar-refractivity contribution in [3.63, 3.8) is 0 Å². The molecule has 0 aromatic heterocycles. The Bertz CT molecular complexity index is 669. The highest BCUT2D eigenvalue weighted by molar-refractivity contribution is 6.05. The van der Waals surface area contributed by atoms with Crippen molar-refractivity contribution in [3.05, 3.63) is 47.7 Å². The standard InChI is InChI=1S/C18H22N2O5/c1-4-24-18(23)20-15(10-14(16(20)21)11-19(2)3)12-25-17(22)13-8-6-5-7-9-13/h5-9,11,15H,4,10,12H2,1-3H3/b14-11+. The molecule has 1 aromatic carbocycles. The molecule has 0 aliphatic carbocycles. The SMILES string of the molecule is CCOC(=O)N1C(=O)/C(=C/N(C)C)CC1COC(=O)c1ccccc1. The molecule has 25 heavy (non-hydrogen) atoms. The number of hydrogen-bond donors (Lipinski definition) is 0. The van der Waals surface area contributed by atoms with E-state index in [1.54, 1.807) is 62.5 Å². The van der Waals surface area contributed by atoms with E-state index in [0.29, 0.717) is 17.6 Å². The van der Waals surface area contributed by atoms with Gasteiger partial charge in [-0.15, -0.1) is 0 Å². The fourth-order valence-corrected chi connectivity index (χ4v) is 2.56. The molecule has 1 heterocycles. The first kappa shape index (κ1) is 18.5. The molecule has 2 rings (SSSR count). The van der Waals surface area contributed by atoms with Crippen LogP contribution in [0.5, 0.6) is 0 Å². The van der Waals surface area contributed by atoms with Gasteiger partial charge in [0, 0.05) is 32.3 Å². The van der Waals surface area contributed by atoms with Gasteiger partial charge in [-0.25, -0.2) is 14.5 Å². The van der Waals surface area contributed by atoms with Crippen LogP contribution in [0, 0.1) is 0 Å². The number of carbonyl (C=O) groups is 3. The van der Waals surface area contributed by atoms with Gasteiger partial charge in [0.1, 0.15) is 6.61 Å². The highest BCUT2D eigenvalue weighted by Crippen LogP contribution is 2.26. The van der Waals surface area contributed by atoms with Crippen LogP contribution in [0.15, 0.2) is 42.1 Å². The molecule has 0 saturated carbocycles. The molecule has 1 aromatic rings. The number of hydrogen-bond acceptors (Lipinski definition) is 6. The lowest BCUT2D eigenvalue weighted by Gasteiger charge is -2.21. The molecule has 0 radical (unpaired) electrons. The summed E-state index contributed by atoms with van der Waals surface area (Å²) in [7, 11) is 3.58. The lowest BCUT2D eigenvalue weighted by molar-refractivity contribution is -0.125. The maximum Gasteiger partial charge on any atom is 0.417 e. The molecule has 0 spiro atoms. The maximum absolute atomic E-state index is 12.5. The zero-order chi connectivity index (χ0) is 18.4. The first-order valence-corrected chi connectivity index (χ1v) is 8.03. The van der Waals surface area contributed by atoms with Gasteiger partial charge in [-0.05, 0) is 19.1 Å². The minimum Gasteiger partial charge on any atom is -0.460 e. The largest absolute Gasteiger partial charge is 0.460 e. The Morgan fingerprint density at radius 1 is 1.24 bits per heavy atom. The van der Waals surface area contributed by atoms with E-state index in [9.17, 15) is 14.4 Å².